The quantitative estimate of drug-likeness (QED) is 0.801. The molecule has 0 fully saturated rings. The SMILES string of the molecule is CC(C)[C@@H](OC(=O)c1cccs1)C(=O)NCc1ccc2c(c1)OCO2. The lowest BCUT2D eigenvalue weighted by molar-refractivity contribution is -0.132. The molecule has 7 heteroatoms. The standard InChI is InChI=1S/C18H19NO5S/c1-11(2)16(24-18(21)15-4-3-7-25-15)17(20)19-9-12-5-6-13-14(8-12)23-10-22-13/h3-8,11,16H,9-10H2,1-2H3,(H,19,20)/t16-/m1/s1. The van der Waals surface area contributed by atoms with Crippen molar-refractivity contribution >= 4 is 23.2 Å². The number of amides is 1. The van der Waals surface area contributed by atoms with E-state index in [-0.39, 0.29) is 18.6 Å². The van der Waals surface area contributed by atoms with Crippen molar-refractivity contribution in [1.82, 2.24) is 5.32 Å². The predicted octanol–water partition coefficient (Wildman–Crippen LogP) is 2.97. The first-order valence-corrected chi connectivity index (χ1v) is 8.83. The highest BCUT2D eigenvalue weighted by molar-refractivity contribution is 7.11. The summed E-state index contributed by atoms with van der Waals surface area (Å²) < 4.78 is 16.0. The second-order valence-electron chi connectivity index (χ2n) is 5.95. The average molecular weight is 361 g/mol. The van der Waals surface area contributed by atoms with E-state index in [1.165, 1.54) is 11.3 Å². The molecule has 1 N–H and O–H groups in total. The summed E-state index contributed by atoms with van der Waals surface area (Å²) in [6.45, 7) is 4.20. The zero-order valence-electron chi connectivity index (χ0n) is 14.0. The van der Waals surface area contributed by atoms with Crippen LogP contribution < -0.4 is 14.8 Å². The fraction of sp³-hybridized carbons (Fsp3) is 0.333. The van der Waals surface area contributed by atoms with Gasteiger partial charge in [0.25, 0.3) is 5.91 Å². The maximum absolute atomic E-state index is 12.5. The largest absolute Gasteiger partial charge is 0.454 e. The van der Waals surface area contributed by atoms with Crippen LogP contribution in [0.2, 0.25) is 0 Å². The summed E-state index contributed by atoms with van der Waals surface area (Å²) in [6.07, 6.45) is -0.844. The fourth-order valence-corrected chi connectivity index (χ4v) is 3.01. The van der Waals surface area contributed by atoms with Gasteiger partial charge in [-0.25, -0.2) is 4.79 Å². The van der Waals surface area contributed by atoms with Crippen LogP contribution in [-0.4, -0.2) is 24.8 Å². The Morgan fingerprint density at radius 2 is 2.04 bits per heavy atom. The summed E-state index contributed by atoms with van der Waals surface area (Å²) >= 11 is 1.29. The van der Waals surface area contributed by atoms with Crippen molar-refractivity contribution < 1.29 is 23.8 Å². The smallest absolute Gasteiger partial charge is 0.349 e. The Kier molecular flexibility index (Phi) is 5.23. The number of hydrogen-bond acceptors (Lipinski definition) is 6. The lowest BCUT2D eigenvalue weighted by atomic mass is 10.1. The minimum atomic E-state index is -0.844. The minimum absolute atomic E-state index is 0.138. The third-order valence-electron chi connectivity index (χ3n) is 3.72. The molecule has 132 valence electrons. The summed E-state index contributed by atoms with van der Waals surface area (Å²) in [5.41, 5.74) is 0.879. The number of benzene rings is 1. The van der Waals surface area contributed by atoms with Crippen molar-refractivity contribution in [1.29, 1.82) is 0 Å². The molecule has 0 saturated heterocycles. The van der Waals surface area contributed by atoms with Crippen molar-refractivity contribution in [2.45, 2.75) is 26.5 Å². The Morgan fingerprint density at radius 3 is 2.76 bits per heavy atom. The highest BCUT2D eigenvalue weighted by Gasteiger charge is 2.27. The molecule has 0 radical (unpaired) electrons. The lowest BCUT2D eigenvalue weighted by Gasteiger charge is -2.20. The van der Waals surface area contributed by atoms with E-state index in [0.29, 0.717) is 22.9 Å². The first-order chi connectivity index (χ1) is 12.0. The van der Waals surface area contributed by atoms with E-state index in [1.807, 2.05) is 26.0 Å². The van der Waals surface area contributed by atoms with Crippen molar-refractivity contribution in [3.63, 3.8) is 0 Å². The first kappa shape index (κ1) is 17.3. The van der Waals surface area contributed by atoms with E-state index in [0.717, 1.165) is 5.56 Å². The van der Waals surface area contributed by atoms with Crippen LogP contribution in [0.3, 0.4) is 0 Å². The van der Waals surface area contributed by atoms with Gasteiger partial charge in [-0.2, -0.15) is 0 Å². The van der Waals surface area contributed by atoms with Crippen molar-refractivity contribution in [3.8, 4) is 11.5 Å². The third kappa shape index (κ3) is 4.11. The van der Waals surface area contributed by atoms with Crippen molar-refractivity contribution in [2.24, 2.45) is 5.92 Å². The Bertz CT molecular complexity index is 757. The Hall–Kier alpha value is -2.54. The molecule has 2 heterocycles. The van der Waals surface area contributed by atoms with E-state index >= 15 is 0 Å². The molecular formula is C18H19NO5S. The van der Waals surface area contributed by atoms with Crippen LogP contribution in [0.25, 0.3) is 0 Å². The van der Waals surface area contributed by atoms with Crippen LogP contribution in [0.1, 0.15) is 29.1 Å². The number of fused-ring (bicyclic) bond motifs is 1. The molecule has 1 aromatic heterocycles. The summed E-state index contributed by atoms with van der Waals surface area (Å²) in [5.74, 6) is 0.418. The van der Waals surface area contributed by atoms with Crippen LogP contribution in [0.15, 0.2) is 35.7 Å². The van der Waals surface area contributed by atoms with Crippen LogP contribution in [0, 0.1) is 5.92 Å². The lowest BCUT2D eigenvalue weighted by Crippen LogP contribution is -2.40. The van der Waals surface area contributed by atoms with E-state index in [2.05, 4.69) is 5.32 Å². The molecule has 0 saturated carbocycles. The van der Waals surface area contributed by atoms with Gasteiger partial charge >= 0.3 is 5.97 Å². The molecule has 3 rings (SSSR count). The number of ether oxygens (including phenoxy) is 3. The number of carbonyl (C=O) groups excluding carboxylic acids is 2. The van der Waals surface area contributed by atoms with Gasteiger partial charge in [-0.3, -0.25) is 4.79 Å². The van der Waals surface area contributed by atoms with Gasteiger partial charge in [0.1, 0.15) is 4.88 Å². The molecule has 25 heavy (non-hydrogen) atoms. The number of nitrogens with one attached hydrogen (secondary N) is 1. The topological polar surface area (TPSA) is 73.9 Å². The minimum Gasteiger partial charge on any atom is -0.454 e. The molecule has 2 aromatic rings. The third-order valence-corrected chi connectivity index (χ3v) is 4.57. The predicted molar refractivity (Wildman–Crippen MR) is 92.8 cm³/mol. The monoisotopic (exact) mass is 361 g/mol. The van der Waals surface area contributed by atoms with Crippen LogP contribution >= 0.6 is 11.3 Å². The van der Waals surface area contributed by atoms with E-state index in [4.69, 9.17) is 14.2 Å². The maximum Gasteiger partial charge on any atom is 0.349 e. The van der Waals surface area contributed by atoms with Gasteiger partial charge in [-0.15, -0.1) is 11.3 Å². The molecule has 1 aliphatic heterocycles. The van der Waals surface area contributed by atoms with E-state index < -0.39 is 12.1 Å². The van der Waals surface area contributed by atoms with E-state index in [1.54, 1.807) is 23.6 Å². The van der Waals surface area contributed by atoms with Gasteiger partial charge < -0.3 is 19.5 Å². The average Bonchev–Trinajstić information content (AvgIpc) is 3.27. The number of hydrogen-bond donors (Lipinski definition) is 1. The number of thiophene rings is 1. The molecule has 0 spiro atoms. The Labute approximate surface area is 149 Å². The number of rotatable bonds is 6. The van der Waals surface area contributed by atoms with Crippen molar-refractivity contribution in [2.75, 3.05) is 6.79 Å². The molecular weight excluding hydrogens is 342 g/mol. The van der Waals surface area contributed by atoms with Crippen LogP contribution in [0.5, 0.6) is 11.5 Å². The second-order valence-corrected chi connectivity index (χ2v) is 6.90. The summed E-state index contributed by atoms with van der Waals surface area (Å²) in [7, 11) is 0. The Balaban J connectivity index is 1.60. The highest BCUT2D eigenvalue weighted by Crippen LogP contribution is 2.32. The highest BCUT2D eigenvalue weighted by atomic mass is 32.1. The van der Waals surface area contributed by atoms with Gasteiger partial charge in [0.05, 0.1) is 0 Å². The zero-order chi connectivity index (χ0) is 17.8. The Morgan fingerprint density at radius 1 is 1.24 bits per heavy atom. The van der Waals surface area contributed by atoms with Gasteiger partial charge in [-0.05, 0) is 35.1 Å². The number of esters is 1. The normalized spacial score (nSPS) is 13.6. The van der Waals surface area contributed by atoms with Gasteiger partial charge in [0.2, 0.25) is 6.79 Å². The van der Waals surface area contributed by atoms with Gasteiger partial charge in [0, 0.05) is 6.54 Å². The molecule has 0 unspecified atom stereocenters. The van der Waals surface area contributed by atoms with E-state index in [9.17, 15) is 9.59 Å². The molecule has 1 atom stereocenters. The second kappa shape index (κ2) is 7.57. The van der Waals surface area contributed by atoms with Gasteiger partial charge in [0.15, 0.2) is 17.6 Å². The van der Waals surface area contributed by atoms with Crippen LogP contribution in [0.4, 0.5) is 0 Å². The summed E-state index contributed by atoms with van der Waals surface area (Å²) in [6, 6.07) is 8.93. The van der Waals surface area contributed by atoms with Gasteiger partial charge in [-0.1, -0.05) is 26.0 Å². The number of carbonyl (C=O) groups is 2. The maximum atomic E-state index is 12.5. The molecule has 1 amide bonds. The first-order valence-electron chi connectivity index (χ1n) is 7.95. The molecule has 0 bridgehead atoms. The molecule has 1 aliphatic rings. The van der Waals surface area contributed by atoms with Crippen molar-refractivity contribution in [3.05, 3.63) is 46.2 Å². The summed E-state index contributed by atoms with van der Waals surface area (Å²) in [5, 5.41) is 4.61. The zero-order valence-corrected chi connectivity index (χ0v) is 14.8. The fourth-order valence-electron chi connectivity index (χ4n) is 2.40. The molecule has 1 aromatic carbocycles. The molecule has 0 aliphatic carbocycles. The van der Waals surface area contributed by atoms with Crippen LogP contribution in [-0.2, 0) is 16.1 Å². The molecule has 6 nitrogen and oxygen atoms in total. The summed E-state index contributed by atoms with van der Waals surface area (Å²) in [4.78, 5) is 25.0.